The number of phenolic OH excluding ortho intramolecular Hbond substituents is 1. The van der Waals surface area contributed by atoms with E-state index in [2.05, 4.69) is 30.1 Å². The number of hydrogen-bond acceptors (Lipinski definition) is 4. The van der Waals surface area contributed by atoms with Gasteiger partial charge in [-0.15, -0.1) is 0 Å². The third kappa shape index (κ3) is 2.93. The van der Waals surface area contributed by atoms with E-state index in [1.165, 1.54) is 42.5 Å². The van der Waals surface area contributed by atoms with Gasteiger partial charge in [-0.1, -0.05) is 13.0 Å². The number of aromatic nitrogens is 2. The van der Waals surface area contributed by atoms with Crippen LogP contribution in [-0.4, -0.2) is 26.8 Å². The van der Waals surface area contributed by atoms with Crippen molar-refractivity contribution in [2.45, 2.75) is 65.2 Å². The van der Waals surface area contributed by atoms with Gasteiger partial charge in [0.2, 0.25) is 0 Å². The van der Waals surface area contributed by atoms with Crippen LogP contribution in [0, 0.1) is 31.1 Å². The van der Waals surface area contributed by atoms with Crippen LogP contribution in [0.2, 0.25) is 0 Å². The van der Waals surface area contributed by atoms with E-state index in [0.717, 1.165) is 35.7 Å². The summed E-state index contributed by atoms with van der Waals surface area (Å²) in [6.45, 7) is 6.53. The molecule has 5 heteroatoms. The number of rotatable bonds is 2. The van der Waals surface area contributed by atoms with Crippen LogP contribution < -0.4 is 0 Å². The highest BCUT2D eigenvalue weighted by Crippen LogP contribution is 2.60. The molecule has 0 amide bonds. The average molecular weight is 405 g/mol. The van der Waals surface area contributed by atoms with Crippen molar-refractivity contribution in [3.8, 4) is 5.75 Å². The molecule has 158 valence electrons. The van der Waals surface area contributed by atoms with Crippen molar-refractivity contribution in [2.24, 2.45) is 34.5 Å². The quantitative estimate of drug-likeness (QED) is 0.561. The number of fused-ring (bicyclic) bond motifs is 5. The monoisotopic (exact) mass is 404 g/mol. The van der Waals surface area contributed by atoms with Crippen LogP contribution in [0.4, 0.5) is 0 Å². The second-order valence-electron chi connectivity index (χ2n) is 9.79. The first-order chi connectivity index (χ1) is 14.4. The highest BCUT2D eigenvalue weighted by atomic mass is 16.3. The van der Waals surface area contributed by atoms with Crippen LogP contribution in [0.3, 0.4) is 0 Å². The number of nitrogens with zero attached hydrogens (tertiary/aromatic N) is 4. The summed E-state index contributed by atoms with van der Waals surface area (Å²) in [6, 6.07) is 6.03. The lowest BCUT2D eigenvalue weighted by Crippen LogP contribution is -2.42. The Morgan fingerprint density at radius 3 is 2.80 bits per heavy atom. The molecule has 2 saturated carbocycles. The van der Waals surface area contributed by atoms with Crippen LogP contribution >= 0.6 is 0 Å². The number of benzene rings is 1. The fraction of sp³-hybridized carbons (Fsp3) is 0.560. The maximum absolute atomic E-state index is 9.88. The lowest BCUT2D eigenvalue weighted by atomic mass is 9.55. The first kappa shape index (κ1) is 19.5. The molecule has 5 rings (SSSR count). The lowest BCUT2D eigenvalue weighted by molar-refractivity contribution is 0.0955. The Morgan fingerprint density at radius 1 is 1.20 bits per heavy atom. The molecule has 1 heterocycles. The summed E-state index contributed by atoms with van der Waals surface area (Å²) in [5, 5.41) is 23.6. The fourth-order valence-corrected chi connectivity index (χ4v) is 6.65. The van der Waals surface area contributed by atoms with E-state index >= 15 is 0 Å². The number of aryl methyl sites for hydroxylation is 3. The Bertz CT molecular complexity index is 1050. The second kappa shape index (κ2) is 7.07. The van der Waals surface area contributed by atoms with Crippen LogP contribution in [-0.2, 0) is 13.5 Å². The summed E-state index contributed by atoms with van der Waals surface area (Å²) in [5.41, 5.74) is 7.51. The molecule has 1 aromatic carbocycles. The Kier molecular flexibility index (Phi) is 4.60. The molecule has 1 N–H and O–H groups in total. The van der Waals surface area contributed by atoms with Gasteiger partial charge in [0.15, 0.2) is 0 Å². The van der Waals surface area contributed by atoms with Gasteiger partial charge in [0, 0.05) is 29.4 Å². The van der Waals surface area contributed by atoms with Gasteiger partial charge in [0.1, 0.15) is 5.75 Å². The molecule has 0 radical (unpaired) electrons. The molecule has 2 aromatic rings. The normalized spacial score (nSPS) is 31.7. The molecule has 0 aliphatic heterocycles. The van der Waals surface area contributed by atoms with Gasteiger partial charge < -0.3 is 5.11 Å². The van der Waals surface area contributed by atoms with E-state index in [9.17, 15) is 5.11 Å². The summed E-state index contributed by atoms with van der Waals surface area (Å²) in [4.78, 5) is 0. The topological polar surface area (TPSA) is 62.8 Å². The Labute approximate surface area is 178 Å². The molecule has 3 aliphatic rings. The maximum Gasteiger partial charge on any atom is 0.115 e. The van der Waals surface area contributed by atoms with Crippen molar-refractivity contribution < 1.29 is 5.11 Å². The molecule has 30 heavy (non-hydrogen) atoms. The largest absolute Gasteiger partial charge is 0.508 e. The van der Waals surface area contributed by atoms with E-state index in [-0.39, 0.29) is 5.41 Å². The zero-order chi connectivity index (χ0) is 21.0. The predicted molar refractivity (Wildman–Crippen MR) is 120 cm³/mol. The van der Waals surface area contributed by atoms with Gasteiger partial charge in [-0.2, -0.15) is 15.3 Å². The van der Waals surface area contributed by atoms with Gasteiger partial charge in [0.25, 0.3) is 0 Å². The zero-order valence-corrected chi connectivity index (χ0v) is 18.5. The summed E-state index contributed by atoms with van der Waals surface area (Å²) in [7, 11) is 1.97. The highest BCUT2D eigenvalue weighted by molar-refractivity contribution is 5.93. The van der Waals surface area contributed by atoms with E-state index in [1.807, 2.05) is 37.0 Å². The molecule has 0 unspecified atom stereocenters. The maximum atomic E-state index is 9.88. The Balaban J connectivity index is 1.39. The minimum absolute atomic E-state index is 0.173. The molecule has 1 aromatic heterocycles. The Hall–Kier alpha value is -2.43. The standard InChI is InChI=1S/C25H32N4O/c1-15-22(16(2)29(4)28-15)14-26-27-24-10-9-23-21-7-5-17-13-18(30)6-8-19(17)20(21)11-12-25(23,24)3/h6,8,13-14,20-21,23,30H,5,7,9-12H2,1-4H3/b26-14-,27-24-/t20-,21-,23-,25+/m0/s1. The molecule has 5 nitrogen and oxygen atoms in total. The van der Waals surface area contributed by atoms with Crippen molar-refractivity contribution in [3.63, 3.8) is 0 Å². The molecule has 4 atom stereocenters. The summed E-state index contributed by atoms with van der Waals surface area (Å²) in [6.07, 6.45) is 8.88. The lowest BCUT2D eigenvalue weighted by Gasteiger charge is -2.49. The van der Waals surface area contributed by atoms with E-state index in [4.69, 9.17) is 5.10 Å². The zero-order valence-electron chi connectivity index (χ0n) is 18.5. The SMILES string of the molecule is Cc1nn(C)c(C)c1/C=N\N=C1\CC[C@H]2[C@H]3CCc4cc(O)ccc4[C@@H]3CC[C@@]12C. The minimum Gasteiger partial charge on any atom is -0.508 e. The van der Waals surface area contributed by atoms with Gasteiger partial charge >= 0.3 is 0 Å². The molecule has 0 saturated heterocycles. The molecule has 0 spiro atoms. The molecule has 2 fully saturated rings. The minimum atomic E-state index is 0.173. The predicted octanol–water partition coefficient (Wildman–Crippen LogP) is 5.07. The molecule has 3 aliphatic carbocycles. The van der Waals surface area contributed by atoms with E-state index in [0.29, 0.717) is 17.6 Å². The van der Waals surface area contributed by atoms with E-state index in [1.54, 1.807) is 0 Å². The number of hydrogen-bond donors (Lipinski definition) is 1. The van der Waals surface area contributed by atoms with Gasteiger partial charge in [-0.25, -0.2) is 0 Å². The average Bonchev–Trinajstić information content (AvgIpc) is 3.18. The first-order valence-corrected chi connectivity index (χ1v) is 11.3. The third-order valence-electron chi connectivity index (χ3n) is 8.38. The van der Waals surface area contributed by atoms with Crippen molar-refractivity contribution in [1.82, 2.24) is 9.78 Å². The van der Waals surface area contributed by atoms with Crippen molar-refractivity contribution in [3.05, 3.63) is 46.3 Å². The Morgan fingerprint density at radius 2 is 2.03 bits per heavy atom. The number of phenols is 1. The fourth-order valence-electron chi connectivity index (χ4n) is 6.65. The van der Waals surface area contributed by atoms with Crippen LogP contribution in [0.15, 0.2) is 28.4 Å². The molecule has 0 bridgehead atoms. The molecular formula is C25H32N4O. The summed E-state index contributed by atoms with van der Waals surface area (Å²) in [5.74, 6) is 2.45. The van der Waals surface area contributed by atoms with Crippen molar-refractivity contribution in [2.75, 3.05) is 0 Å². The van der Waals surface area contributed by atoms with Crippen LogP contribution in [0.25, 0.3) is 0 Å². The summed E-state index contributed by atoms with van der Waals surface area (Å²) < 4.78 is 1.90. The van der Waals surface area contributed by atoms with E-state index < -0.39 is 0 Å². The van der Waals surface area contributed by atoms with Gasteiger partial charge in [-0.3, -0.25) is 4.68 Å². The second-order valence-corrected chi connectivity index (χ2v) is 9.79. The van der Waals surface area contributed by atoms with Crippen molar-refractivity contribution >= 4 is 11.9 Å². The highest BCUT2D eigenvalue weighted by Gasteiger charge is 2.53. The number of aromatic hydroxyl groups is 1. The van der Waals surface area contributed by atoms with Crippen LogP contribution in [0.5, 0.6) is 5.75 Å². The summed E-state index contributed by atoms with van der Waals surface area (Å²) >= 11 is 0. The molecular weight excluding hydrogens is 372 g/mol. The van der Waals surface area contributed by atoms with Gasteiger partial charge in [0.05, 0.1) is 11.9 Å². The van der Waals surface area contributed by atoms with Crippen LogP contribution in [0.1, 0.15) is 73.0 Å². The van der Waals surface area contributed by atoms with Crippen molar-refractivity contribution in [1.29, 1.82) is 0 Å². The smallest absolute Gasteiger partial charge is 0.115 e. The first-order valence-electron chi connectivity index (χ1n) is 11.3. The van der Waals surface area contributed by atoms with Gasteiger partial charge in [-0.05, 0) is 93.4 Å². The third-order valence-corrected chi connectivity index (χ3v) is 8.38.